The van der Waals surface area contributed by atoms with Gasteiger partial charge in [0.1, 0.15) is 0 Å². The van der Waals surface area contributed by atoms with Crippen LogP contribution in [0.25, 0.3) is 0 Å². The molecule has 0 aromatic heterocycles. The second-order valence-corrected chi connectivity index (χ2v) is 6.74. The normalized spacial score (nSPS) is 15.4. The summed E-state index contributed by atoms with van der Waals surface area (Å²) in [4.78, 5) is 14.6. The minimum atomic E-state index is -0.618. The van der Waals surface area contributed by atoms with Crippen LogP contribution < -0.4 is 16.0 Å². The van der Waals surface area contributed by atoms with Crippen molar-refractivity contribution in [1.82, 2.24) is 0 Å². The number of aliphatic hydroxyl groups is 1. The van der Waals surface area contributed by atoms with Crippen LogP contribution in [-0.2, 0) is 22.4 Å². The number of hydrogen-bond donors (Lipinski definition) is 3. The van der Waals surface area contributed by atoms with Gasteiger partial charge in [-0.05, 0) is 48.2 Å². The highest BCUT2D eigenvalue weighted by Gasteiger charge is 2.15. The van der Waals surface area contributed by atoms with Crippen LogP contribution in [0, 0.1) is 0 Å². The molecule has 0 saturated carbocycles. The maximum Gasteiger partial charge on any atom is 0.241 e. The quantitative estimate of drug-likeness (QED) is 0.689. The Morgan fingerprint density at radius 1 is 1.07 bits per heavy atom. The highest BCUT2D eigenvalue weighted by molar-refractivity contribution is 5.95. The summed E-state index contributed by atoms with van der Waals surface area (Å²) < 4.78 is 5.37. The largest absolute Gasteiger partial charge is 0.396 e. The number of nitrogens with two attached hydrogens (primary N) is 1. The third kappa shape index (κ3) is 5.53. The molecule has 0 unspecified atom stereocenters. The van der Waals surface area contributed by atoms with Crippen LogP contribution in [0.2, 0.25) is 0 Å². The molecule has 0 spiro atoms. The third-order valence-electron chi connectivity index (χ3n) is 4.73. The first-order chi connectivity index (χ1) is 13.2. The van der Waals surface area contributed by atoms with Gasteiger partial charge < -0.3 is 25.8 Å². The second-order valence-electron chi connectivity index (χ2n) is 6.74. The fraction of sp³-hybridized carbons (Fsp3) is 0.381. The van der Waals surface area contributed by atoms with Gasteiger partial charge in [0.15, 0.2) is 0 Å². The van der Waals surface area contributed by atoms with Gasteiger partial charge in [-0.25, -0.2) is 0 Å². The van der Waals surface area contributed by atoms with Gasteiger partial charge in [0.25, 0.3) is 0 Å². The van der Waals surface area contributed by atoms with Crippen LogP contribution in [0.5, 0.6) is 0 Å². The number of nitrogens with one attached hydrogen (secondary N) is 1. The van der Waals surface area contributed by atoms with Crippen molar-refractivity contribution in [2.75, 3.05) is 43.1 Å². The number of carbonyl (C=O) groups excluding carboxylic acids is 1. The van der Waals surface area contributed by atoms with Gasteiger partial charge >= 0.3 is 0 Å². The number of anilines is 2. The van der Waals surface area contributed by atoms with Crippen LogP contribution in [0.1, 0.15) is 11.1 Å². The molecule has 6 heteroatoms. The van der Waals surface area contributed by atoms with Crippen molar-refractivity contribution in [3.05, 3.63) is 59.7 Å². The van der Waals surface area contributed by atoms with E-state index in [1.54, 1.807) is 0 Å². The average Bonchev–Trinajstić information content (AvgIpc) is 2.71. The maximum absolute atomic E-state index is 12.4. The Bertz CT molecular complexity index is 725. The second kappa shape index (κ2) is 9.50. The minimum absolute atomic E-state index is 0.131. The molecule has 1 atom stereocenters. The molecule has 2 aromatic rings. The number of aliphatic hydroxyl groups excluding tert-OH is 1. The van der Waals surface area contributed by atoms with Crippen molar-refractivity contribution < 1.29 is 14.6 Å². The van der Waals surface area contributed by atoms with Crippen LogP contribution >= 0.6 is 0 Å². The molecule has 1 aliphatic heterocycles. The molecule has 1 amide bonds. The summed E-state index contributed by atoms with van der Waals surface area (Å²) in [5.74, 6) is -0.200. The van der Waals surface area contributed by atoms with Crippen molar-refractivity contribution >= 4 is 17.3 Å². The molecule has 1 heterocycles. The van der Waals surface area contributed by atoms with Crippen molar-refractivity contribution in [1.29, 1.82) is 0 Å². The fourth-order valence-corrected chi connectivity index (χ4v) is 3.13. The molecular weight excluding hydrogens is 342 g/mol. The Morgan fingerprint density at radius 3 is 2.33 bits per heavy atom. The standard InChI is InChI=1S/C21H27N3O3/c22-20(15-17-3-1-16(2-4-17)9-12-25)21(26)23-18-5-7-19(8-6-18)24-10-13-27-14-11-24/h1-8,20,25H,9-15,22H2,(H,23,26)/t20-/m0/s1. The zero-order valence-electron chi connectivity index (χ0n) is 15.4. The van der Waals surface area contributed by atoms with Gasteiger partial charge in [-0.15, -0.1) is 0 Å². The van der Waals surface area contributed by atoms with Crippen molar-refractivity contribution in [2.45, 2.75) is 18.9 Å². The summed E-state index contributed by atoms with van der Waals surface area (Å²) in [5.41, 5.74) is 10.0. The van der Waals surface area contributed by atoms with Crippen LogP contribution in [-0.4, -0.2) is 50.0 Å². The molecule has 1 saturated heterocycles. The first kappa shape index (κ1) is 19.4. The molecule has 3 rings (SSSR count). The first-order valence-corrected chi connectivity index (χ1v) is 9.33. The predicted molar refractivity (Wildman–Crippen MR) is 107 cm³/mol. The van der Waals surface area contributed by atoms with E-state index in [4.69, 9.17) is 15.6 Å². The summed E-state index contributed by atoms with van der Waals surface area (Å²) in [7, 11) is 0. The Hall–Kier alpha value is -2.41. The average molecular weight is 369 g/mol. The molecule has 6 nitrogen and oxygen atoms in total. The van der Waals surface area contributed by atoms with Crippen molar-refractivity contribution in [3.8, 4) is 0 Å². The maximum atomic E-state index is 12.4. The topological polar surface area (TPSA) is 87.8 Å². The van der Waals surface area contributed by atoms with Crippen LogP contribution in [0.3, 0.4) is 0 Å². The molecule has 0 radical (unpaired) electrons. The van der Waals surface area contributed by atoms with Gasteiger partial charge in [-0.1, -0.05) is 24.3 Å². The van der Waals surface area contributed by atoms with E-state index in [0.717, 1.165) is 48.8 Å². The van der Waals surface area contributed by atoms with Gasteiger partial charge in [0, 0.05) is 31.1 Å². The van der Waals surface area contributed by atoms with Crippen molar-refractivity contribution in [3.63, 3.8) is 0 Å². The van der Waals surface area contributed by atoms with Gasteiger partial charge in [0.05, 0.1) is 19.3 Å². The number of hydrogen-bond acceptors (Lipinski definition) is 5. The molecular formula is C21H27N3O3. The van der Waals surface area contributed by atoms with E-state index < -0.39 is 6.04 Å². The lowest BCUT2D eigenvalue weighted by Crippen LogP contribution is -2.37. The van der Waals surface area contributed by atoms with Crippen LogP contribution in [0.15, 0.2) is 48.5 Å². The Morgan fingerprint density at radius 2 is 1.70 bits per heavy atom. The van der Waals surface area contributed by atoms with Crippen LogP contribution in [0.4, 0.5) is 11.4 Å². The van der Waals surface area contributed by atoms with Gasteiger partial charge in [-0.2, -0.15) is 0 Å². The number of amides is 1. The van der Waals surface area contributed by atoms with E-state index >= 15 is 0 Å². The zero-order chi connectivity index (χ0) is 19.1. The van der Waals surface area contributed by atoms with E-state index in [9.17, 15) is 4.79 Å². The lowest BCUT2D eigenvalue weighted by atomic mass is 10.0. The number of benzene rings is 2. The van der Waals surface area contributed by atoms with E-state index in [0.29, 0.717) is 12.8 Å². The summed E-state index contributed by atoms with van der Waals surface area (Å²) in [6.45, 7) is 3.38. The minimum Gasteiger partial charge on any atom is -0.396 e. The van der Waals surface area contributed by atoms with E-state index in [1.165, 1.54) is 0 Å². The smallest absolute Gasteiger partial charge is 0.241 e. The molecule has 2 aromatic carbocycles. The molecule has 1 aliphatic rings. The third-order valence-corrected chi connectivity index (χ3v) is 4.73. The van der Waals surface area contributed by atoms with E-state index in [1.807, 2.05) is 48.5 Å². The van der Waals surface area contributed by atoms with Gasteiger partial charge in [0.2, 0.25) is 5.91 Å². The summed E-state index contributed by atoms with van der Waals surface area (Å²) in [6, 6.07) is 15.0. The van der Waals surface area contributed by atoms with Gasteiger partial charge in [-0.3, -0.25) is 4.79 Å². The molecule has 4 N–H and O–H groups in total. The summed E-state index contributed by atoms with van der Waals surface area (Å²) in [6.07, 6.45) is 1.10. The fourth-order valence-electron chi connectivity index (χ4n) is 3.13. The summed E-state index contributed by atoms with van der Waals surface area (Å²) in [5, 5.41) is 11.8. The molecule has 144 valence electrons. The van der Waals surface area contributed by atoms with E-state index in [-0.39, 0.29) is 12.5 Å². The number of ether oxygens (including phenoxy) is 1. The molecule has 27 heavy (non-hydrogen) atoms. The number of nitrogens with zero attached hydrogens (tertiary/aromatic N) is 1. The Labute approximate surface area is 159 Å². The molecule has 0 aliphatic carbocycles. The lowest BCUT2D eigenvalue weighted by molar-refractivity contribution is -0.117. The lowest BCUT2D eigenvalue weighted by Gasteiger charge is -2.29. The van der Waals surface area contributed by atoms with Crippen molar-refractivity contribution in [2.24, 2.45) is 5.73 Å². The number of morpholine rings is 1. The summed E-state index contributed by atoms with van der Waals surface area (Å²) >= 11 is 0. The number of carbonyl (C=O) groups is 1. The Kier molecular flexibility index (Phi) is 6.81. The highest BCUT2D eigenvalue weighted by atomic mass is 16.5. The monoisotopic (exact) mass is 369 g/mol. The Balaban J connectivity index is 1.52. The first-order valence-electron chi connectivity index (χ1n) is 9.33. The number of rotatable bonds is 7. The van der Waals surface area contributed by atoms with E-state index in [2.05, 4.69) is 10.2 Å². The predicted octanol–water partition coefficient (Wildman–Crippen LogP) is 1.57. The SMILES string of the molecule is N[C@@H](Cc1ccc(CCO)cc1)C(=O)Nc1ccc(N2CCOCC2)cc1. The molecule has 1 fully saturated rings. The molecule has 0 bridgehead atoms. The highest BCUT2D eigenvalue weighted by Crippen LogP contribution is 2.19. The zero-order valence-corrected chi connectivity index (χ0v) is 15.4.